The third kappa shape index (κ3) is 3.19. The van der Waals surface area contributed by atoms with Crippen LogP contribution in [0.25, 0.3) is 0 Å². The molecule has 1 heterocycles. The monoisotopic (exact) mass is 162 g/mol. The first kappa shape index (κ1) is 8.78. The van der Waals surface area contributed by atoms with Crippen molar-refractivity contribution in [1.82, 2.24) is 10.3 Å². The Hall–Kier alpha value is -1.31. The highest BCUT2D eigenvalue weighted by Crippen LogP contribution is 1.95. The van der Waals surface area contributed by atoms with Crippen LogP contribution in [0.5, 0.6) is 0 Å². The second kappa shape index (κ2) is 4.54. The lowest BCUT2D eigenvalue weighted by Crippen LogP contribution is -2.13. The molecule has 2 nitrogen and oxygen atoms in total. The highest BCUT2D eigenvalue weighted by molar-refractivity contribution is 5.08. The van der Waals surface area contributed by atoms with Crippen LogP contribution in [0.3, 0.4) is 0 Å². The average Bonchev–Trinajstić information content (AvgIpc) is 2.05. The van der Waals surface area contributed by atoms with Gasteiger partial charge in [-0.05, 0) is 25.0 Å². The zero-order chi connectivity index (χ0) is 8.81. The van der Waals surface area contributed by atoms with Crippen molar-refractivity contribution >= 4 is 0 Å². The summed E-state index contributed by atoms with van der Waals surface area (Å²) in [6.45, 7) is 6.65. The molecule has 2 heteroatoms. The normalized spacial score (nSPS) is 9.42. The molecule has 1 aromatic rings. The van der Waals surface area contributed by atoms with Gasteiger partial charge in [-0.3, -0.25) is 4.98 Å². The summed E-state index contributed by atoms with van der Waals surface area (Å²) in [5.74, 6) is 0. The predicted molar refractivity (Wildman–Crippen MR) is 50.8 cm³/mol. The van der Waals surface area contributed by atoms with E-state index in [0.29, 0.717) is 0 Å². The third-order valence-corrected chi connectivity index (χ3v) is 1.56. The molecule has 0 aromatic carbocycles. The van der Waals surface area contributed by atoms with E-state index in [1.807, 2.05) is 19.2 Å². The summed E-state index contributed by atoms with van der Waals surface area (Å²) in [6.07, 6.45) is 4.68. The van der Waals surface area contributed by atoms with Gasteiger partial charge in [0.2, 0.25) is 0 Å². The Kier molecular flexibility index (Phi) is 3.33. The first-order chi connectivity index (χ1) is 5.79. The fourth-order valence-electron chi connectivity index (χ4n) is 0.966. The molecule has 64 valence electrons. The average molecular weight is 162 g/mol. The fraction of sp³-hybridized carbons (Fsp3) is 0.300. The molecule has 1 N–H and O–H groups in total. The molecule has 0 saturated heterocycles. The molecular weight excluding hydrogens is 148 g/mol. The number of nitrogens with one attached hydrogen (secondary N) is 1. The molecule has 0 atom stereocenters. The molecule has 0 aliphatic rings. The van der Waals surface area contributed by atoms with Crippen LogP contribution in [-0.4, -0.2) is 11.5 Å². The maximum absolute atomic E-state index is 4.03. The van der Waals surface area contributed by atoms with Gasteiger partial charge in [-0.1, -0.05) is 12.6 Å². The number of allylic oxidation sites excluding steroid dienone is 1. The number of pyridine rings is 1. The molecule has 0 unspecified atom stereocenters. The second-order valence-corrected chi connectivity index (χ2v) is 2.82. The lowest BCUT2D eigenvalue weighted by atomic mass is 10.2. The van der Waals surface area contributed by atoms with Gasteiger partial charge in [-0.25, -0.2) is 0 Å². The van der Waals surface area contributed by atoms with Crippen molar-refractivity contribution in [3.8, 4) is 0 Å². The number of hydrogen-bond acceptors (Lipinski definition) is 2. The first-order valence-corrected chi connectivity index (χ1v) is 4.07. The van der Waals surface area contributed by atoms with Gasteiger partial charge in [0.15, 0.2) is 0 Å². The van der Waals surface area contributed by atoms with Crippen LogP contribution in [0.15, 0.2) is 36.8 Å². The summed E-state index contributed by atoms with van der Waals surface area (Å²) >= 11 is 0. The Bertz CT molecular complexity index is 241. The molecule has 0 radical (unpaired) electrons. The van der Waals surface area contributed by atoms with Crippen molar-refractivity contribution < 1.29 is 0 Å². The summed E-state index contributed by atoms with van der Waals surface area (Å²) in [7, 11) is 0. The molecule has 1 rings (SSSR count). The van der Waals surface area contributed by atoms with Gasteiger partial charge in [0.1, 0.15) is 0 Å². The van der Waals surface area contributed by atoms with E-state index in [0.717, 1.165) is 18.7 Å². The van der Waals surface area contributed by atoms with Gasteiger partial charge < -0.3 is 5.32 Å². The summed E-state index contributed by atoms with van der Waals surface area (Å²) in [6, 6.07) is 4.03. The van der Waals surface area contributed by atoms with E-state index < -0.39 is 0 Å². The molecule has 12 heavy (non-hydrogen) atoms. The predicted octanol–water partition coefficient (Wildman–Crippen LogP) is 1.75. The first-order valence-electron chi connectivity index (χ1n) is 4.07. The Morgan fingerprint density at radius 1 is 1.67 bits per heavy atom. The Balaban J connectivity index is 2.29. The van der Waals surface area contributed by atoms with Crippen LogP contribution >= 0.6 is 0 Å². The molecule has 0 bridgehead atoms. The number of rotatable bonds is 4. The maximum Gasteiger partial charge on any atom is 0.0300 e. The minimum absolute atomic E-state index is 0.932. The van der Waals surface area contributed by atoms with E-state index in [-0.39, 0.29) is 0 Å². The molecule has 0 fully saturated rings. The topological polar surface area (TPSA) is 24.9 Å². The van der Waals surface area contributed by atoms with Crippen molar-refractivity contribution in [2.75, 3.05) is 6.54 Å². The largest absolute Gasteiger partial charge is 0.389 e. The summed E-state index contributed by atoms with van der Waals surface area (Å²) in [5, 5.41) is 3.17. The lowest BCUT2D eigenvalue weighted by molar-refractivity contribution is 0.789. The second-order valence-electron chi connectivity index (χ2n) is 2.82. The molecule has 0 spiro atoms. The van der Waals surface area contributed by atoms with Crippen LogP contribution in [0.1, 0.15) is 12.5 Å². The van der Waals surface area contributed by atoms with Gasteiger partial charge >= 0.3 is 0 Å². The van der Waals surface area contributed by atoms with Crippen molar-refractivity contribution in [3.63, 3.8) is 0 Å². The summed E-state index contributed by atoms with van der Waals surface area (Å²) < 4.78 is 0. The Labute approximate surface area is 73.3 Å². The minimum Gasteiger partial charge on any atom is -0.389 e. The van der Waals surface area contributed by atoms with Crippen LogP contribution in [0.2, 0.25) is 0 Å². The minimum atomic E-state index is 0.932. The van der Waals surface area contributed by atoms with Crippen LogP contribution in [0, 0.1) is 0 Å². The van der Waals surface area contributed by atoms with Crippen molar-refractivity contribution in [2.45, 2.75) is 13.3 Å². The van der Waals surface area contributed by atoms with Crippen LogP contribution in [-0.2, 0) is 6.42 Å². The van der Waals surface area contributed by atoms with E-state index >= 15 is 0 Å². The summed E-state index contributed by atoms with van der Waals surface area (Å²) in [4.78, 5) is 4.03. The number of hydrogen-bond donors (Lipinski definition) is 1. The quantitative estimate of drug-likeness (QED) is 0.729. The van der Waals surface area contributed by atoms with E-state index in [1.54, 1.807) is 6.20 Å². The molecule has 0 aliphatic carbocycles. The van der Waals surface area contributed by atoms with E-state index in [2.05, 4.69) is 22.9 Å². The van der Waals surface area contributed by atoms with E-state index in [4.69, 9.17) is 0 Å². The Morgan fingerprint density at radius 2 is 2.50 bits per heavy atom. The zero-order valence-corrected chi connectivity index (χ0v) is 7.38. The molecule has 1 aromatic heterocycles. The lowest BCUT2D eigenvalue weighted by Gasteiger charge is -2.03. The molecular formula is C10H14N2. The Morgan fingerprint density at radius 3 is 3.08 bits per heavy atom. The van der Waals surface area contributed by atoms with Crippen molar-refractivity contribution in [2.24, 2.45) is 0 Å². The van der Waals surface area contributed by atoms with Gasteiger partial charge in [-0.2, -0.15) is 0 Å². The maximum atomic E-state index is 4.03. The van der Waals surface area contributed by atoms with Crippen LogP contribution in [0.4, 0.5) is 0 Å². The number of nitrogens with zero attached hydrogens (tertiary/aromatic N) is 1. The molecule has 0 amide bonds. The van der Waals surface area contributed by atoms with Gasteiger partial charge in [-0.15, -0.1) is 0 Å². The fourth-order valence-corrected chi connectivity index (χ4v) is 0.966. The van der Waals surface area contributed by atoms with Gasteiger partial charge in [0.05, 0.1) is 0 Å². The van der Waals surface area contributed by atoms with Gasteiger partial charge in [0, 0.05) is 24.6 Å². The summed E-state index contributed by atoms with van der Waals surface area (Å²) in [5.41, 5.74) is 2.27. The van der Waals surface area contributed by atoms with Crippen molar-refractivity contribution in [3.05, 3.63) is 42.4 Å². The number of aromatic nitrogens is 1. The van der Waals surface area contributed by atoms with Crippen LogP contribution < -0.4 is 5.32 Å². The van der Waals surface area contributed by atoms with Crippen molar-refractivity contribution in [1.29, 1.82) is 0 Å². The zero-order valence-electron chi connectivity index (χ0n) is 7.38. The smallest absolute Gasteiger partial charge is 0.0300 e. The van der Waals surface area contributed by atoms with E-state index in [9.17, 15) is 0 Å². The highest BCUT2D eigenvalue weighted by atomic mass is 14.9. The standard InChI is InChI=1S/C10H14N2/c1-9(2)12-7-5-10-4-3-6-11-8-10/h3-4,6,8,12H,1,5,7H2,2H3. The molecule has 0 saturated carbocycles. The highest BCUT2D eigenvalue weighted by Gasteiger charge is 1.90. The molecule has 0 aliphatic heterocycles. The SMILES string of the molecule is C=C(C)NCCc1cccnc1. The van der Waals surface area contributed by atoms with Gasteiger partial charge in [0.25, 0.3) is 0 Å². The van der Waals surface area contributed by atoms with E-state index in [1.165, 1.54) is 5.56 Å². The third-order valence-electron chi connectivity index (χ3n) is 1.56.